The fourth-order valence-electron chi connectivity index (χ4n) is 4.15. The summed E-state index contributed by atoms with van der Waals surface area (Å²) in [6, 6.07) is 8.52. The molecule has 1 aliphatic heterocycles. The lowest BCUT2D eigenvalue weighted by atomic mass is 9.87. The van der Waals surface area contributed by atoms with Crippen LogP contribution in [-0.2, 0) is 20.0 Å². The summed E-state index contributed by atoms with van der Waals surface area (Å²) >= 11 is 1.55. The number of nitrogens with zero attached hydrogens (tertiary/aromatic N) is 1. The molecule has 1 saturated carbocycles. The maximum Gasteiger partial charge on any atom is 0.233 e. The first-order valence-electron chi connectivity index (χ1n) is 9.91. The molecule has 2 fully saturated rings. The Hall–Kier alpha value is -1.01. The molecule has 2 aliphatic rings. The number of thioether (sulfide) groups is 1. The van der Waals surface area contributed by atoms with Crippen molar-refractivity contribution in [3.63, 3.8) is 0 Å². The van der Waals surface area contributed by atoms with E-state index in [4.69, 9.17) is 0 Å². The topological polar surface area (TPSA) is 54.5 Å². The minimum atomic E-state index is -2.99. The van der Waals surface area contributed by atoms with Gasteiger partial charge in [-0.2, -0.15) is 0 Å². The van der Waals surface area contributed by atoms with Crippen molar-refractivity contribution in [2.75, 3.05) is 17.3 Å². The van der Waals surface area contributed by atoms with Crippen LogP contribution < -0.4 is 0 Å². The van der Waals surface area contributed by atoms with Crippen LogP contribution in [0, 0.1) is 0 Å². The van der Waals surface area contributed by atoms with Gasteiger partial charge >= 0.3 is 0 Å². The summed E-state index contributed by atoms with van der Waals surface area (Å²) in [7, 11) is -2.99. The molecule has 0 N–H and O–H groups in total. The van der Waals surface area contributed by atoms with Crippen molar-refractivity contribution < 1.29 is 13.2 Å². The first kappa shape index (κ1) is 20.7. The van der Waals surface area contributed by atoms with Gasteiger partial charge in [0, 0.05) is 17.0 Å². The van der Waals surface area contributed by atoms with Crippen LogP contribution in [0.4, 0.5) is 0 Å². The van der Waals surface area contributed by atoms with E-state index in [0.717, 1.165) is 30.6 Å². The van der Waals surface area contributed by atoms with Gasteiger partial charge in [-0.25, -0.2) is 8.42 Å². The van der Waals surface area contributed by atoms with E-state index < -0.39 is 9.84 Å². The minimum Gasteiger partial charge on any atom is -0.335 e. The van der Waals surface area contributed by atoms with Crippen LogP contribution in [0.3, 0.4) is 0 Å². The molecule has 4 nitrogen and oxygen atoms in total. The van der Waals surface area contributed by atoms with Crippen molar-refractivity contribution in [2.24, 2.45) is 0 Å². The summed E-state index contributed by atoms with van der Waals surface area (Å²) in [5.41, 5.74) is 1.40. The van der Waals surface area contributed by atoms with E-state index in [1.165, 1.54) is 5.56 Å². The van der Waals surface area contributed by atoms with E-state index in [-0.39, 0.29) is 34.9 Å². The van der Waals surface area contributed by atoms with Crippen molar-refractivity contribution in [3.05, 3.63) is 29.8 Å². The largest absolute Gasteiger partial charge is 0.335 e. The van der Waals surface area contributed by atoms with Crippen LogP contribution in [0.15, 0.2) is 29.2 Å². The lowest BCUT2D eigenvalue weighted by Gasteiger charge is -2.34. The normalized spacial score (nSPS) is 22.9. The molecule has 1 saturated heterocycles. The number of rotatable bonds is 5. The van der Waals surface area contributed by atoms with Crippen LogP contribution >= 0.6 is 11.8 Å². The molecule has 1 amide bonds. The quantitative estimate of drug-likeness (QED) is 0.689. The predicted octanol–water partition coefficient (Wildman–Crippen LogP) is 4.03. The van der Waals surface area contributed by atoms with Gasteiger partial charge in [-0.3, -0.25) is 4.79 Å². The summed E-state index contributed by atoms with van der Waals surface area (Å²) in [6.45, 7) is 6.56. The molecule has 0 aromatic heterocycles. The van der Waals surface area contributed by atoms with E-state index >= 15 is 0 Å². The third-order valence-electron chi connectivity index (χ3n) is 5.69. The molecule has 1 unspecified atom stereocenters. The third-order valence-corrected chi connectivity index (χ3v) is 8.44. The Balaban J connectivity index is 1.66. The number of sulfone groups is 1. The number of hydrogen-bond acceptors (Lipinski definition) is 4. The average molecular weight is 410 g/mol. The molecular formula is C21H31NO3S2. The van der Waals surface area contributed by atoms with E-state index in [1.54, 1.807) is 11.8 Å². The van der Waals surface area contributed by atoms with Gasteiger partial charge < -0.3 is 4.90 Å². The predicted molar refractivity (Wildman–Crippen MR) is 112 cm³/mol. The van der Waals surface area contributed by atoms with Crippen LogP contribution in [0.5, 0.6) is 0 Å². The van der Waals surface area contributed by atoms with E-state index in [0.29, 0.717) is 12.2 Å². The Bertz CT molecular complexity index is 760. The minimum absolute atomic E-state index is 0.0916. The first-order chi connectivity index (χ1) is 12.7. The van der Waals surface area contributed by atoms with E-state index in [2.05, 4.69) is 45.0 Å². The molecule has 6 heteroatoms. The summed E-state index contributed by atoms with van der Waals surface area (Å²) in [5, 5.41) is 0. The van der Waals surface area contributed by atoms with Crippen LogP contribution in [0.1, 0.15) is 58.4 Å². The molecule has 1 aromatic rings. The SMILES string of the molecule is CC(C)(C)c1ccc(SCC(=O)N(C2CCCC2)C2CCS(=O)(=O)C2)cc1. The van der Waals surface area contributed by atoms with Crippen molar-refractivity contribution >= 4 is 27.5 Å². The summed E-state index contributed by atoms with van der Waals surface area (Å²) in [5.74, 6) is 0.825. The zero-order chi connectivity index (χ0) is 19.7. The summed E-state index contributed by atoms with van der Waals surface area (Å²) < 4.78 is 23.9. The van der Waals surface area contributed by atoms with Gasteiger partial charge in [-0.15, -0.1) is 11.8 Å². The van der Waals surface area contributed by atoms with Crippen LogP contribution in [0.25, 0.3) is 0 Å². The molecule has 0 radical (unpaired) electrons. The summed E-state index contributed by atoms with van der Waals surface area (Å²) in [4.78, 5) is 16.1. The first-order valence-corrected chi connectivity index (χ1v) is 12.7. The number of carbonyl (C=O) groups is 1. The molecular weight excluding hydrogens is 378 g/mol. The highest BCUT2D eigenvalue weighted by molar-refractivity contribution is 8.00. The zero-order valence-electron chi connectivity index (χ0n) is 16.6. The highest BCUT2D eigenvalue weighted by Crippen LogP contribution is 2.31. The second-order valence-electron chi connectivity index (χ2n) is 8.86. The Morgan fingerprint density at radius 1 is 1.07 bits per heavy atom. The molecule has 27 heavy (non-hydrogen) atoms. The maximum absolute atomic E-state index is 13.0. The van der Waals surface area contributed by atoms with E-state index in [1.807, 2.05) is 4.90 Å². The van der Waals surface area contributed by atoms with E-state index in [9.17, 15) is 13.2 Å². The monoisotopic (exact) mass is 409 g/mol. The van der Waals surface area contributed by atoms with Crippen molar-refractivity contribution in [2.45, 2.75) is 75.3 Å². The van der Waals surface area contributed by atoms with Gasteiger partial charge in [0.25, 0.3) is 0 Å². The molecule has 3 rings (SSSR count). The number of amides is 1. The molecule has 1 atom stereocenters. The number of hydrogen-bond donors (Lipinski definition) is 0. The second-order valence-corrected chi connectivity index (χ2v) is 12.1. The van der Waals surface area contributed by atoms with Gasteiger partial charge in [0.05, 0.1) is 17.3 Å². The Labute approximate surface area is 168 Å². The van der Waals surface area contributed by atoms with Crippen molar-refractivity contribution in [1.82, 2.24) is 4.90 Å². The number of carbonyl (C=O) groups excluding carboxylic acids is 1. The standard InChI is InChI=1S/C21H31NO3S2/c1-21(2,3)16-8-10-19(11-9-16)26-14-20(23)22(17-6-4-5-7-17)18-12-13-27(24,25)15-18/h8-11,17-18H,4-7,12-15H2,1-3H3. The van der Waals surface area contributed by atoms with Crippen LogP contribution in [0.2, 0.25) is 0 Å². The summed E-state index contributed by atoms with van der Waals surface area (Å²) in [6.07, 6.45) is 4.88. The molecule has 1 heterocycles. The molecule has 1 aromatic carbocycles. The highest BCUT2D eigenvalue weighted by Gasteiger charge is 2.38. The smallest absolute Gasteiger partial charge is 0.233 e. The molecule has 150 valence electrons. The van der Waals surface area contributed by atoms with Gasteiger partial charge in [-0.1, -0.05) is 45.7 Å². The van der Waals surface area contributed by atoms with Gasteiger partial charge in [0.1, 0.15) is 0 Å². The average Bonchev–Trinajstić information content (AvgIpc) is 3.23. The van der Waals surface area contributed by atoms with Gasteiger partial charge in [-0.05, 0) is 42.4 Å². The highest BCUT2D eigenvalue weighted by atomic mass is 32.2. The van der Waals surface area contributed by atoms with Crippen molar-refractivity contribution in [3.8, 4) is 0 Å². The molecule has 1 aliphatic carbocycles. The van der Waals surface area contributed by atoms with Gasteiger partial charge in [0.2, 0.25) is 5.91 Å². The van der Waals surface area contributed by atoms with Crippen molar-refractivity contribution in [1.29, 1.82) is 0 Å². The maximum atomic E-state index is 13.0. The van der Waals surface area contributed by atoms with Gasteiger partial charge in [0.15, 0.2) is 9.84 Å². The van der Waals surface area contributed by atoms with Crippen LogP contribution in [-0.4, -0.2) is 48.6 Å². The lowest BCUT2D eigenvalue weighted by Crippen LogP contribution is -2.47. The fourth-order valence-corrected chi connectivity index (χ4v) is 6.63. The third kappa shape index (κ3) is 5.29. The lowest BCUT2D eigenvalue weighted by molar-refractivity contribution is -0.132. The fraction of sp³-hybridized carbons (Fsp3) is 0.667. The Morgan fingerprint density at radius 3 is 2.22 bits per heavy atom. The molecule has 0 bridgehead atoms. The second kappa shape index (κ2) is 8.16. The number of benzene rings is 1. The zero-order valence-corrected chi connectivity index (χ0v) is 18.2. The molecule has 0 spiro atoms. The Kier molecular flexibility index (Phi) is 6.26. The Morgan fingerprint density at radius 2 is 1.70 bits per heavy atom.